The molecule has 1 aromatic carbocycles. The molecule has 0 atom stereocenters. The lowest BCUT2D eigenvalue weighted by Crippen LogP contribution is -2.14. The van der Waals surface area contributed by atoms with Crippen molar-refractivity contribution >= 4 is 28.6 Å². The van der Waals surface area contributed by atoms with Crippen molar-refractivity contribution in [3.05, 3.63) is 28.8 Å². The van der Waals surface area contributed by atoms with Gasteiger partial charge in [0.1, 0.15) is 5.82 Å². The number of aliphatic hydroxyl groups is 1. The lowest BCUT2D eigenvalue weighted by atomic mass is 9.87. The number of benzene rings is 1. The van der Waals surface area contributed by atoms with Crippen LogP contribution in [0.3, 0.4) is 0 Å². The number of nitrogens with one attached hydrogen (secondary N) is 2. The van der Waals surface area contributed by atoms with Gasteiger partial charge >= 0.3 is 0 Å². The Bertz CT molecular complexity index is 696. The molecule has 110 valence electrons. The molecule has 3 rings (SSSR count). The number of aryl methyl sites for hydroxylation is 1. The van der Waals surface area contributed by atoms with E-state index < -0.39 is 0 Å². The van der Waals surface area contributed by atoms with Crippen LogP contribution < -0.4 is 11.1 Å². The molecule has 0 unspecified atom stereocenters. The predicted molar refractivity (Wildman–Crippen MR) is 86.3 cm³/mol. The average Bonchev–Trinajstić information content (AvgIpc) is 2.52. The summed E-state index contributed by atoms with van der Waals surface area (Å²) in [6, 6.07) is 3.72. The lowest BCUT2D eigenvalue weighted by molar-refractivity contribution is 0.311. The van der Waals surface area contributed by atoms with Crippen LogP contribution >= 0.6 is 0 Å². The summed E-state index contributed by atoms with van der Waals surface area (Å²) in [5.41, 5.74) is 10.8. The second-order valence-electron chi connectivity index (χ2n) is 5.38. The molecule has 5 nitrogen and oxygen atoms in total. The summed E-state index contributed by atoms with van der Waals surface area (Å²) in [5, 5.41) is 20.9. The Morgan fingerprint density at radius 2 is 2.05 bits per heavy atom. The minimum absolute atomic E-state index is 0.0853. The highest BCUT2D eigenvalue weighted by Gasteiger charge is 2.20. The molecule has 0 aliphatic heterocycles. The number of aliphatic hydroxyl groups excluding tert-OH is 1. The molecule has 1 aliphatic rings. The number of fused-ring (bicyclic) bond motifs is 3. The summed E-state index contributed by atoms with van der Waals surface area (Å²) in [7, 11) is 0. The zero-order valence-electron chi connectivity index (χ0n) is 11.9. The molecule has 2 aromatic rings. The molecule has 0 bridgehead atoms. The van der Waals surface area contributed by atoms with Crippen molar-refractivity contribution < 1.29 is 5.11 Å². The number of hydrogen-bond donors (Lipinski definition) is 4. The Morgan fingerprint density at radius 1 is 1.29 bits per heavy atom. The number of nitrogens with two attached hydrogens (primary N) is 1. The van der Waals surface area contributed by atoms with Gasteiger partial charge in [-0.3, -0.25) is 0 Å². The van der Waals surface area contributed by atoms with E-state index in [4.69, 9.17) is 21.2 Å². The highest BCUT2D eigenvalue weighted by atomic mass is 16.3. The monoisotopic (exact) mass is 284 g/mol. The van der Waals surface area contributed by atoms with E-state index in [-0.39, 0.29) is 6.61 Å². The molecule has 0 saturated carbocycles. The zero-order chi connectivity index (χ0) is 14.8. The van der Waals surface area contributed by atoms with Gasteiger partial charge in [0.25, 0.3) is 0 Å². The number of anilines is 2. The van der Waals surface area contributed by atoms with Gasteiger partial charge in [0.15, 0.2) is 0 Å². The van der Waals surface area contributed by atoms with Crippen LogP contribution in [-0.4, -0.2) is 29.5 Å². The van der Waals surface area contributed by atoms with Gasteiger partial charge in [0.05, 0.1) is 12.1 Å². The summed E-state index contributed by atoms with van der Waals surface area (Å²) in [6.07, 6.45) is 5.60. The van der Waals surface area contributed by atoms with E-state index >= 15 is 0 Å². The van der Waals surface area contributed by atoms with E-state index in [9.17, 15) is 0 Å². The van der Waals surface area contributed by atoms with Crippen LogP contribution in [0, 0.1) is 5.41 Å². The molecule has 0 amide bonds. The minimum Gasteiger partial charge on any atom is -0.398 e. The van der Waals surface area contributed by atoms with Crippen molar-refractivity contribution in [1.29, 1.82) is 5.41 Å². The second-order valence-corrected chi connectivity index (χ2v) is 5.38. The van der Waals surface area contributed by atoms with Crippen LogP contribution in [0.4, 0.5) is 11.5 Å². The summed E-state index contributed by atoms with van der Waals surface area (Å²) in [6.45, 7) is 0.583. The van der Waals surface area contributed by atoms with Gasteiger partial charge in [0, 0.05) is 29.4 Å². The quantitative estimate of drug-likeness (QED) is 0.511. The average molecular weight is 284 g/mol. The fourth-order valence-corrected chi connectivity index (χ4v) is 3.14. The van der Waals surface area contributed by atoms with Gasteiger partial charge in [0.2, 0.25) is 0 Å². The molecule has 5 N–H and O–H groups in total. The first-order chi connectivity index (χ1) is 10.3. The van der Waals surface area contributed by atoms with Crippen molar-refractivity contribution in [2.75, 3.05) is 24.2 Å². The molecular weight excluding hydrogens is 264 g/mol. The Hall–Kier alpha value is -2.14. The molecule has 0 fully saturated rings. The molecule has 5 heteroatoms. The van der Waals surface area contributed by atoms with Crippen molar-refractivity contribution in [3.8, 4) is 0 Å². The molecular formula is C16H20N4O. The smallest absolute Gasteiger partial charge is 0.130 e. The second kappa shape index (κ2) is 5.69. The standard InChI is InChI=1S/C16H20N4O/c17-9-12-13(18)5-6-14-15(12)10-3-1-2-4-11(10)16(20-14)19-7-8-21/h5-6,9,17,21H,1-4,7-8,18H2,(H,19,20). The summed E-state index contributed by atoms with van der Waals surface area (Å²) < 4.78 is 0. The number of rotatable bonds is 4. The van der Waals surface area contributed by atoms with E-state index in [1.807, 2.05) is 6.07 Å². The van der Waals surface area contributed by atoms with Crippen molar-refractivity contribution in [2.24, 2.45) is 0 Å². The molecule has 0 saturated heterocycles. The predicted octanol–water partition coefficient (Wildman–Crippen LogP) is 2.10. The van der Waals surface area contributed by atoms with Crippen LogP contribution in [0.2, 0.25) is 0 Å². The SMILES string of the molecule is N=Cc1c(N)ccc2nc(NCCO)c3c(c12)CCCC3. The normalized spacial score (nSPS) is 14.0. The first kappa shape index (κ1) is 13.8. The molecule has 0 radical (unpaired) electrons. The van der Waals surface area contributed by atoms with E-state index in [2.05, 4.69) is 5.32 Å². The highest BCUT2D eigenvalue weighted by molar-refractivity contribution is 6.05. The zero-order valence-corrected chi connectivity index (χ0v) is 11.9. The fourth-order valence-electron chi connectivity index (χ4n) is 3.14. The minimum atomic E-state index is 0.0853. The Morgan fingerprint density at radius 3 is 2.76 bits per heavy atom. The van der Waals surface area contributed by atoms with Crippen LogP contribution in [0.25, 0.3) is 10.9 Å². The third-order valence-electron chi connectivity index (χ3n) is 4.09. The fraction of sp³-hybridized carbons (Fsp3) is 0.375. The number of aromatic nitrogens is 1. The maximum Gasteiger partial charge on any atom is 0.130 e. The van der Waals surface area contributed by atoms with Gasteiger partial charge in [-0.05, 0) is 48.9 Å². The molecule has 1 aliphatic carbocycles. The third kappa shape index (κ3) is 2.34. The van der Waals surface area contributed by atoms with Gasteiger partial charge in [-0.15, -0.1) is 0 Å². The van der Waals surface area contributed by atoms with Gasteiger partial charge in [-0.1, -0.05) is 0 Å². The number of hydrogen-bond acceptors (Lipinski definition) is 5. The first-order valence-corrected chi connectivity index (χ1v) is 7.35. The van der Waals surface area contributed by atoms with E-state index in [0.29, 0.717) is 12.2 Å². The Labute approximate surface area is 123 Å². The van der Waals surface area contributed by atoms with Gasteiger partial charge < -0.3 is 21.6 Å². The van der Waals surface area contributed by atoms with Crippen LogP contribution in [0.1, 0.15) is 29.5 Å². The van der Waals surface area contributed by atoms with Crippen molar-refractivity contribution in [2.45, 2.75) is 25.7 Å². The van der Waals surface area contributed by atoms with Crippen molar-refractivity contribution in [3.63, 3.8) is 0 Å². The Balaban J connectivity index is 2.29. The third-order valence-corrected chi connectivity index (χ3v) is 4.09. The number of nitrogen functional groups attached to an aromatic ring is 1. The maximum absolute atomic E-state index is 9.03. The topological polar surface area (TPSA) is 95.0 Å². The molecule has 21 heavy (non-hydrogen) atoms. The first-order valence-electron chi connectivity index (χ1n) is 7.35. The van der Waals surface area contributed by atoms with Crippen LogP contribution in [-0.2, 0) is 12.8 Å². The van der Waals surface area contributed by atoms with Gasteiger partial charge in [-0.25, -0.2) is 4.98 Å². The van der Waals surface area contributed by atoms with E-state index in [1.165, 1.54) is 17.3 Å². The van der Waals surface area contributed by atoms with Gasteiger partial charge in [-0.2, -0.15) is 0 Å². The lowest BCUT2D eigenvalue weighted by Gasteiger charge is -2.22. The molecule has 0 spiro atoms. The number of pyridine rings is 1. The summed E-state index contributed by atoms with van der Waals surface area (Å²) in [4.78, 5) is 4.69. The Kier molecular flexibility index (Phi) is 3.75. The summed E-state index contributed by atoms with van der Waals surface area (Å²) >= 11 is 0. The van der Waals surface area contributed by atoms with Crippen LogP contribution in [0.5, 0.6) is 0 Å². The maximum atomic E-state index is 9.03. The van der Waals surface area contributed by atoms with Crippen molar-refractivity contribution in [1.82, 2.24) is 4.98 Å². The van der Waals surface area contributed by atoms with E-state index in [0.717, 1.165) is 48.0 Å². The largest absolute Gasteiger partial charge is 0.398 e. The molecule has 1 aromatic heterocycles. The van der Waals surface area contributed by atoms with Crippen LogP contribution in [0.15, 0.2) is 12.1 Å². The number of nitrogens with zero attached hydrogens (tertiary/aromatic N) is 1. The summed E-state index contributed by atoms with van der Waals surface area (Å²) in [5.74, 6) is 0.868. The molecule has 1 heterocycles. The van der Waals surface area contributed by atoms with E-state index in [1.54, 1.807) is 6.07 Å². The highest BCUT2D eigenvalue weighted by Crippen LogP contribution is 2.35.